The van der Waals surface area contributed by atoms with Crippen LogP contribution in [0.4, 0.5) is 0 Å². The fraction of sp³-hybridized carbons (Fsp3) is 0.300. The molecule has 0 aliphatic heterocycles. The summed E-state index contributed by atoms with van der Waals surface area (Å²) in [6.45, 7) is 2.46. The van der Waals surface area contributed by atoms with Crippen LogP contribution in [0.1, 0.15) is 34.1 Å². The first-order valence-corrected chi connectivity index (χ1v) is 8.68. The van der Waals surface area contributed by atoms with Gasteiger partial charge in [0.15, 0.2) is 11.5 Å². The van der Waals surface area contributed by atoms with E-state index in [4.69, 9.17) is 18.9 Å². The van der Waals surface area contributed by atoms with Crippen molar-refractivity contribution in [2.45, 2.75) is 13.3 Å². The predicted molar refractivity (Wildman–Crippen MR) is 103 cm³/mol. The van der Waals surface area contributed by atoms with Crippen LogP contribution >= 0.6 is 0 Å². The van der Waals surface area contributed by atoms with Gasteiger partial charge in [0, 0.05) is 5.56 Å². The molecule has 0 heterocycles. The number of carbonyl (C=O) groups excluding carboxylic acids is 2. The van der Waals surface area contributed by atoms with Crippen molar-refractivity contribution in [3.8, 4) is 23.0 Å². The number of para-hydroxylation sites is 1. The predicted octanol–water partition coefficient (Wildman–Crippen LogP) is 2.58. The molecule has 0 saturated carbocycles. The third-order valence-corrected chi connectivity index (χ3v) is 3.81. The molecule has 8 nitrogen and oxygen atoms in total. The number of rotatable bonds is 8. The highest BCUT2D eigenvalue weighted by Gasteiger charge is 2.18. The fourth-order valence-electron chi connectivity index (χ4n) is 2.46. The molecule has 2 aromatic carbocycles. The van der Waals surface area contributed by atoms with Gasteiger partial charge in [-0.05, 0) is 30.7 Å². The fourth-order valence-corrected chi connectivity index (χ4v) is 2.46. The van der Waals surface area contributed by atoms with Crippen molar-refractivity contribution in [2.75, 3.05) is 27.9 Å². The van der Waals surface area contributed by atoms with Crippen LogP contribution < -0.4 is 29.8 Å². The van der Waals surface area contributed by atoms with Crippen molar-refractivity contribution in [1.29, 1.82) is 0 Å². The number of hydrazine groups is 1. The monoisotopic (exact) mass is 388 g/mol. The van der Waals surface area contributed by atoms with E-state index < -0.39 is 11.8 Å². The minimum atomic E-state index is -0.542. The Hall–Kier alpha value is -3.42. The zero-order valence-electron chi connectivity index (χ0n) is 16.3. The van der Waals surface area contributed by atoms with E-state index in [1.807, 2.05) is 6.92 Å². The summed E-state index contributed by atoms with van der Waals surface area (Å²) in [6.07, 6.45) is 0.813. The summed E-state index contributed by atoms with van der Waals surface area (Å²) in [5.74, 6) is 0.441. The lowest BCUT2D eigenvalue weighted by molar-refractivity contribution is 0.0844. The SMILES string of the molecule is CCCOc1ccccc1C(=O)NNC(=O)c1cc(OC)c(OC)c(OC)c1. The number of hydrogen-bond acceptors (Lipinski definition) is 6. The van der Waals surface area contributed by atoms with Gasteiger partial charge in [-0.1, -0.05) is 19.1 Å². The van der Waals surface area contributed by atoms with E-state index in [2.05, 4.69) is 10.9 Å². The van der Waals surface area contributed by atoms with E-state index in [1.165, 1.54) is 33.5 Å². The summed E-state index contributed by atoms with van der Waals surface area (Å²) < 4.78 is 21.3. The van der Waals surface area contributed by atoms with Gasteiger partial charge in [0.1, 0.15) is 5.75 Å². The van der Waals surface area contributed by atoms with Crippen LogP contribution in [-0.2, 0) is 0 Å². The van der Waals surface area contributed by atoms with Gasteiger partial charge < -0.3 is 18.9 Å². The highest BCUT2D eigenvalue weighted by Crippen LogP contribution is 2.38. The standard InChI is InChI=1S/C20H24N2O6/c1-5-10-28-15-9-7-6-8-14(15)20(24)22-21-19(23)13-11-16(25-2)18(27-4)17(12-13)26-3/h6-9,11-12H,5,10H2,1-4H3,(H,21,23)(H,22,24). The molecule has 150 valence electrons. The van der Waals surface area contributed by atoms with Crippen LogP contribution in [0.3, 0.4) is 0 Å². The molecule has 0 aliphatic carbocycles. The highest BCUT2D eigenvalue weighted by molar-refractivity contribution is 6.01. The normalized spacial score (nSPS) is 10.0. The van der Waals surface area contributed by atoms with Crippen LogP contribution in [0.5, 0.6) is 23.0 Å². The van der Waals surface area contributed by atoms with Gasteiger partial charge >= 0.3 is 0 Å². The van der Waals surface area contributed by atoms with Gasteiger partial charge in [0.05, 0.1) is 33.5 Å². The van der Waals surface area contributed by atoms with Crippen molar-refractivity contribution < 1.29 is 28.5 Å². The summed E-state index contributed by atoms with van der Waals surface area (Å²) in [6, 6.07) is 9.78. The van der Waals surface area contributed by atoms with Gasteiger partial charge in [0.25, 0.3) is 11.8 Å². The topological polar surface area (TPSA) is 95.1 Å². The van der Waals surface area contributed by atoms with Crippen LogP contribution in [-0.4, -0.2) is 39.8 Å². The van der Waals surface area contributed by atoms with Crippen LogP contribution in [0.25, 0.3) is 0 Å². The van der Waals surface area contributed by atoms with Crippen molar-refractivity contribution in [2.24, 2.45) is 0 Å². The quantitative estimate of drug-likeness (QED) is 0.675. The average Bonchev–Trinajstić information content (AvgIpc) is 2.74. The maximum Gasteiger partial charge on any atom is 0.273 e. The first kappa shape index (κ1) is 20.9. The molecule has 0 saturated heterocycles. The number of carbonyl (C=O) groups is 2. The minimum Gasteiger partial charge on any atom is -0.493 e. The number of benzene rings is 2. The Morgan fingerprint density at radius 2 is 1.46 bits per heavy atom. The molecule has 0 atom stereocenters. The molecule has 2 amide bonds. The number of nitrogens with one attached hydrogen (secondary N) is 2. The Bertz CT molecular complexity index is 812. The summed E-state index contributed by atoms with van der Waals surface area (Å²) in [7, 11) is 4.38. The van der Waals surface area contributed by atoms with E-state index in [0.717, 1.165) is 6.42 Å². The maximum atomic E-state index is 12.5. The van der Waals surface area contributed by atoms with E-state index >= 15 is 0 Å². The van der Waals surface area contributed by atoms with Gasteiger partial charge in [-0.3, -0.25) is 20.4 Å². The molecule has 0 radical (unpaired) electrons. The van der Waals surface area contributed by atoms with E-state index in [0.29, 0.717) is 35.2 Å². The molecule has 0 bridgehead atoms. The molecule has 2 aromatic rings. The summed E-state index contributed by atoms with van der Waals surface area (Å²) >= 11 is 0. The number of amides is 2. The summed E-state index contributed by atoms with van der Waals surface area (Å²) in [4.78, 5) is 24.9. The second-order valence-electron chi connectivity index (χ2n) is 5.67. The van der Waals surface area contributed by atoms with Crippen LogP contribution in [0, 0.1) is 0 Å². The lowest BCUT2D eigenvalue weighted by Gasteiger charge is -2.15. The lowest BCUT2D eigenvalue weighted by atomic mass is 10.1. The summed E-state index contributed by atoms with van der Waals surface area (Å²) in [5, 5.41) is 0. The first-order chi connectivity index (χ1) is 13.5. The Morgan fingerprint density at radius 1 is 0.857 bits per heavy atom. The second kappa shape index (κ2) is 10.1. The second-order valence-corrected chi connectivity index (χ2v) is 5.67. The van der Waals surface area contributed by atoms with E-state index in [1.54, 1.807) is 24.3 Å². The molecule has 28 heavy (non-hydrogen) atoms. The minimum absolute atomic E-state index is 0.227. The Labute approximate surface area is 163 Å². The average molecular weight is 388 g/mol. The van der Waals surface area contributed by atoms with Crippen molar-refractivity contribution >= 4 is 11.8 Å². The molecule has 0 aromatic heterocycles. The van der Waals surface area contributed by atoms with Gasteiger partial charge in [0.2, 0.25) is 5.75 Å². The molecular formula is C20H24N2O6. The molecule has 8 heteroatoms. The first-order valence-electron chi connectivity index (χ1n) is 8.68. The number of methoxy groups -OCH3 is 3. The molecule has 2 N–H and O–H groups in total. The molecule has 0 fully saturated rings. The Morgan fingerprint density at radius 3 is 2.04 bits per heavy atom. The number of hydrogen-bond donors (Lipinski definition) is 2. The number of ether oxygens (including phenoxy) is 4. The maximum absolute atomic E-state index is 12.5. The summed E-state index contributed by atoms with van der Waals surface area (Å²) in [5.41, 5.74) is 5.31. The molecule has 0 unspecified atom stereocenters. The van der Waals surface area contributed by atoms with Gasteiger partial charge in [-0.15, -0.1) is 0 Å². The largest absolute Gasteiger partial charge is 0.493 e. The third-order valence-electron chi connectivity index (χ3n) is 3.81. The van der Waals surface area contributed by atoms with Gasteiger partial charge in [-0.2, -0.15) is 0 Å². The molecule has 2 rings (SSSR count). The van der Waals surface area contributed by atoms with Crippen molar-refractivity contribution in [1.82, 2.24) is 10.9 Å². The van der Waals surface area contributed by atoms with Crippen LogP contribution in [0.15, 0.2) is 36.4 Å². The Balaban J connectivity index is 2.13. The zero-order chi connectivity index (χ0) is 20.5. The van der Waals surface area contributed by atoms with E-state index in [9.17, 15) is 9.59 Å². The van der Waals surface area contributed by atoms with Gasteiger partial charge in [-0.25, -0.2) is 0 Å². The smallest absolute Gasteiger partial charge is 0.273 e. The Kier molecular flexibility index (Phi) is 7.50. The zero-order valence-corrected chi connectivity index (χ0v) is 16.3. The molecule has 0 spiro atoms. The van der Waals surface area contributed by atoms with Crippen molar-refractivity contribution in [3.05, 3.63) is 47.5 Å². The molecule has 0 aliphatic rings. The van der Waals surface area contributed by atoms with Crippen LogP contribution in [0.2, 0.25) is 0 Å². The third kappa shape index (κ3) is 4.85. The lowest BCUT2D eigenvalue weighted by Crippen LogP contribution is -2.41. The van der Waals surface area contributed by atoms with E-state index in [-0.39, 0.29) is 5.56 Å². The highest BCUT2D eigenvalue weighted by atomic mass is 16.5. The molecular weight excluding hydrogens is 364 g/mol. The van der Waals surface area contributed by atoms with Crippen molar-refractivity contribution in [3.63, 3.8) is 0 Å².